The molecule has 140 valence electrons. The second kappa shape index (κ2) is 10.6. The summed E-state index contributed by atoms with van der Waals surface area (Å²) in [5.74, 6) is 3.20. The topological polar surface area (TPSA) is 56.8 Å². The molecule has 0 spiro atoms. The van der Waals surface area contributed by atoms with Gasteiger partial charge in [-0.25, -0.2) is 0 Å². The zero-order chi connectivity index (χ0) is 18.8. The van der Waals surface area contributed by atoms with Crippen molar-refractivity contribution >= 4 is 17.7 Å². The van der Waals surface area contributed by atoms with E-state index in [1.807, 2.05) is 42.5 Å². The van der Waals surface area contributed by atoms with Crippen molar-refractivity contribution < 1.29 is 19.0 Å². The molecule has 2 rings (SSSR count). The van der Waals surface area contributed by atoms with Gasteiger partial charge in [-0.05, 0) is 54.4 Å². The molecule has 0 aliphatic heterocycles. The quantitative estimate of drug-likeness (QED) is 0.644. The van der Waals surface area contributed by atoms with Gasteiger partial charge in [0.1, 0.15) is 17.2 Å². The van der Waals surface area contributed by atoms with Crippen LogP contribution in [0.5, 0.6) is 17.2 Å². The van der Waals surface area contributed by atoms with Gasteiger partial charge in [0.25, 0.3) is 0 Å². The van der Waals surface area contributed by atoms with Crippen molar-refractivity contribution in [2.24, 2.45) is 0 Å². The molecule has 2 aromatic carbocycles. The van der Waals surface area contributed by atoms with E-state index in [1.54, 1.807) is 33.1 Å². The van der Waals surface area contributed by atoms with Gasteiger partial charge in [-0.2, -0.15) is 0 Å². The third-order valence-corrected chi connectivity index (χ3v) is 4.88. The summed E-state index contributed by atoms with van der Waals surface area (Å²) in [6, 6.07) is 13.5. The first kappa shape index (κ1) is 20.0. The summed E-state index contributed by atoms with van der Waals surface area (Å²) in [5.41, 5.74) is 1.01. The Hall–Kier alpha value is -2.34. The van der Waals surface area contributed by atoms with Crippen LogP contribution in [-0.2, 0) is 11.2 Å². The van der Waals surface area contributed by atoms with Gasteiger partial charge in [-0.1, -0.05) is 0 Å². The molecule has 0 saturated heterocycles. The Bertz CT molecular complexity index is 703. The van der Waals surface area contributed by atoms with Crippen molar-refractivity contribution in [3.63, 3.8) is 0 Å². The summed E-state index contributed by atoms with van der Waals surface area (Å²) in [6.45, 7) is 0.565. The van der Waals surface area contributed by atoms with E-state index in [2.05, 4.69) is 5.32 Å². The molecule has 0 fully saturated rings. The number of ether oxygens (including phenoxy) is 3. The van der Waals surface area contributed by atoms with Gasteiger partial charge in [0.15, 0.2) is 0 Å². The average Bonchev–Trinajstić information content (AvgIpc) is 2.68. The highest BCUT2D eigenvalue weighted by atomic mass is 32.2. The molecule has 0 aliphatic carbocycles. The normalized spacial score (nSPS) is 10.3. The summed E-state index contributed by atoms with van der Waals surface area (Å²) < 4.78 is 15.7. The van der Waals surface area contributed by atoms with Gasteiger partial charge in [0.05, 0.1) is 21.3 Å². The van der Waals surface area contributed by atoms with Crippen LogP contribution < -0.4 is 19.5 Å². The van der Waals surface area contributed by atoms with Crippen molar-refractivity contribution in [3.05, 3.63) is 48.0 Å². The van der Waals surface area contributed by atoms with Crippen molar-refractivity contribution in [3.8, 4) is 17.2 Å². The van der Waals surface area contributed by atoms with Crippen LogP contribution in [0.2, 0.25) is 0 Å². The number of hydrogen-bond acceptors (Lipinski definition) is 5. The smallest absolute Gasteiger partial charge is 0.220 e. The van der Waals surface area contributed by atoms with E-state index in [9.17, 15) is 4.79 Å². The Morgan fingerprint density at radius 1 is 0.962 bits per heavy atom. The molecule has 0 heterocycles. The maximum atomic E-state index is 12.0. The maximum Gasteiger partial charge on any atom is 0.220 e. The average molecular weight is 375 g/mol. The lowest BCUT2D eigenvalue weighted by Gasteiger charge is -2.11. The van der Waals surface area contributed by atoms with Gasteiger partial charge < -0.3 is 19.5 Å². The molecule has 26 heavy (non-hydrogen) atoms. The first-order chi connectivity index (χ1) is 12.7. The zero-order valence-electron chi connectivity index (χ0n) is 15.4. The molecular weight excluding hydrogens is 350 g/mol. The third kappa shape index (κ3) is 6.19. The number of rotatable bonds is 10. The summed E-state index contributed by atoms with van der Waals surface area (Å²) in [5, 5.41) is 2.96. The van der Waals surface area contributed by atoms with Crippen molar-refractivity contribution in [2.45, 2.75) is 17.7 Å². The van der Waals surface area contributed by atoms with E-state index in [0.717, 1.165) is 33.5 Å². The number of amides is 1. The van der Waals surface area contributed by atoms with Crippen LogP contribution in [-0.4, -0.2) is 39.5 Å². The van der Waals surface area contributed by atoms with Gasteiger partial charge in [-0.15, -0.1) is 11.8 Å². The summed E-state index contributed by atoms with van der Waals surface area (Å²) in [7, 11) is 4.92. The standard InChI is InChI=1S/C20H25NO4S/c1-23-16-4-7-18(8-5-16)26-13-11-20(22)21-12-10-15-14-17(24-2)6-9-19(15)25-3/h4-9,14H,10-13H2,1-3H3,(H,21,22). The number of hydrogen-bond donors (Lipinski definition) is 1. The number of carbonyl (C=O) groups excluding carboxylic acids is 1. The fourth-order valence-corrected chi connectivity index (χ4v) is 3.29. The van der Waals surface area contributed by atoms with Gasteiger partial charge in [-0.3, -0.25) is 4.79 Å². The van der Waals surface area contributed by atoms with E-state index in [-0.39, 0.29) is 5.91 Å². The predicted molar refractivity (Wildman–Crippen MR) is 105 cm³/mol. The SMILES string of the molecule is COc1ccc(SCCC(=O)NCCc2cc(OC)ccc2OC)cc1. The minimum Gasteiger partial charge on any atom is -0.497 e. The fourth-order valence-electron chi connectivity index (χ4n) is 2.44. The van der Waals surface area contributed by atoms with E-state index >= 15 is 0 Å². The van der Waals surface area contributed by atoms with E-state index in [0.29, 0.717) is 19.4 Å². The molecule has 0 aromatic heterocycles. The maximum absolute atomic E-state index is 12.0. The minimum atomic E-state index is 0.0490. The van der Waals surface area contributed by atoms with Crippen LogP contribution in [0.15, 0.2) is 47.4 Å². The summed E-state index contributed by atoms with van der Waals surface area (Å²) in [4.78, 5) is 13.1. The van der Waals surface area contributed by atoms with Crippen LogP contribution >= 0.6 is 11.8 Å². The lowest BCUT2D eigenvalue weighted by molar-refractivity contribution is -0.120. The van der Waals surface area contributed by atoms with Gasteiger partial charge in [0, 0.05) is 23.6 Å². The number of benzene rings is 2. The largest absolute Gasteiger partial charge is 0.497 e. The molecule has 0 bridgehead atoms. The minimum absolute atomic E-state index is 0.0490. The third-order valence-electron chi connectivity index (χ3n) is 3.86. The molecule has 0 saturated carbocycles. The molecule has 0 atom stereocenters. The van der Waals surface area contributed by atoms with E-state index < -0.39 is 0 Å². The van der Waals surface area contributed by atoms with Crippen LogP contribution in [0.3, 0.4) is 0 Å². The molecule has 1 N–H and O–H groups in total. The number of thioether (sulfide) groups is 1. The lowest BCUT2D eigenvalue weighted by atomic mass is 10.1. The Balaban J connectivity index is 1.71. The predicted octanol–water partition coefficient (Wildman–Crippen LogP) is 3.55. The monoisotopic (exact) mass is 375 g/mol. The second-order valence-corrected chi connectivity index (χ2v) is 6.72. The van der Waals surface area contributed by atoms with Crippen LogP contribution in [0.1, 0.15) is 12.0 Å². The van der Waals surface area contributed by atoms with E-state index in [4.69, 9.17) is 14.2 Å². The first-order valence-corrected chi connectivity index (χ1v) is 9.39. The Labute approximate surface area is 159 Å². The number of nitrogens with one attached hydrogen (secondary N) is 1. The molecule has 6 heteroatoms. The van der Waals surface area contributed by atoms with Crippen molar-refractivity contribution in [1.82, 2.24) is 5.32 Å². The highest BCUT2D eigenvalue weighted by molar-refractivity contribution is 7.99. The molecule has 0 aliphatic rings. The van der Waals surface area contributed by atoms with Crippen molar-refractivity contribution in [2.75, 3.05) is 33.6 Å². The van der Waals surface area contributed by atoms with Gasteiger partial charge in [0.2, 0.25) is 5.91 Å². The number of carbonyl (C=O) groups is 1. The summed E-state index contributed by atoms with van der Waals surface area (Å²) in [6.07, 6.45) is 1.17. The van der Waals surface area contributed by atoms with Crippen LogP contribution in [0, 0.1) is 0 Å². The highest BCUT2D eigenvalue weighted by Gasteiger charge is 2.07. The highest BCUT2D eigenvalue weighted by Crippen LogP contribution is 2.24. The number of methoxy groups -OCH3 is 3. The molecular formula is C20H25NO4S. The van der Waals surface area contributed by atoms with Crippen molar-refractivity contribution in [1.29, 1.82) is 0 Å². The zero-order valence-corrected chi connectivity index (χ0v) is 16.2. The second-order valence-electron chi connectivity index (χ2n) is 5.55. The Morgan fingerprint density at radius 3 is 2.31 bits per heavy atom. The fraction of sp³-hybridized carbons (Fsp3) is 0.350. The van der Waals surface area contributed by atoms with Crippen LogP contribution in [0.4, 0.5) is 0 Å². The Morgan fingerprint density at radius 2 is 1.65 bits per heavy atom. The first-order valence-electron chi connectivity index (χ1n) is 8.40. The summed E-state index contributed by atoms with van der Waals surface area (Å²) >= 11 is 1.66. The Kier molecular flexibility index (Phi) is 8.15. The van der Waals surface area contributed by atoms with E-state index in [1.165, 1.54) is 0 Å². The lowest BCUT2D eigenvalue weighted by Crippen LogP contribution is -2.26. The van der Waals surface area contributed by atoms with Crippen LogP contribution in [0.25, 0.3) is 0 Å². The molecule has 1 amide bonds. The van der Waals surface area contributed by atoms with Gasteiger partial charge >= 0.3 is 0 Å². The molecule has 0 unspecified atom stereocenters. The molecule has 2 aromatic rings. The molecule has 5 nitrogen and oxygen atoms in total. The molecule has 0 radical (unpaired) electrons.